The molecule has 1 aromatic rings. The van der Waals surface area contributed by atoms with Crippen molar-refractivity contribution in [3.8, 4) is 0 Å². The molecular weight excluding hydrogens is 256 g/mol. The van der Waals surface area contributed by atoms with E-state index >= 15 is 0 Å². The molecule has 6 heteroatoms. The van der Waals surface area contributed by atoms with E-state index in [1.54, 1.807) is 0 Å². The predicted octanol–water partition coefficient (Wildman–Crippen LogP) is 2.04. The van der Waals surface area contributed by atoms with E-state index in [2.05, 4.69) is 28.9 Å². The largest absolute Gasteiger partial charge is 0.367 e. The van der Waals surface area contributed by atoms with Crippen LogP contribution in [0.4, 0.5) is 0 Å². The molecule has 1 aliphatic rings. The lowest BCUT2D eigenvalue weighted by Gasteiger charge is -2.30. The zero-order valence-electron chi connectivity index (χ0n) is 12.5. The van der Waals surface area contributed by atoms with E-state index < -0.39 is 0 Å². The van der Waals surface area contributed by atoms with Crippen molar-refractivity contribution in [2.75, 3.05) is 26.2 Å². The van der Waals surface area contributed by atoms with Crippen molar-refractivity contribution < 1.29 is 9.26 Å². The maximum atomic E-state index is 6.05. The molecule has 2 unspecified atom stereocenters. The molecule has 2 N–H and O–H groups in total. The van der Waals surface area contributed by atoms with Crippen LogP contribution in [0.3, 0.4) is 0 Å². The summed E-state index contributed by atoms with van der Waals surface area (Å²) in [5, 5.41) is 4.05. The van der Waals surface area contributed by atoms with Crippen LogP contribution in [-0.4, -0.2) is 41.3 Å². The summed E-state index contributed by atoms with van der Waals surface area (Å²) in [6.45, 7) is 7.94. The molecule has 2 atom stereocenters. The highest BCUT2D eigenvalue weighted by Gasteiger charge is 2.26. The highest BCUT2D eigenvalue weighted by molar-refractivity contribution is 4.97. The summed E-state index contributed by atoms with van der Waals surface area (Å²) in [7, 11) is 0. The fraction of sp³-hybridized carbons (Fsp3) is 0.857. The minimum Gasteiger partial charge on any atom is -0.367 e. The first-order chi connectivity index (χ1) is 9.74. The van der Waals surface area contributed by atoms with Gasteiger partial charge in [0.1, 0.15) is 6.10 Å². The number of hydrogen-bond acceptors (Lipinski definition) is 6. The first-order valence-electron chi connectivity index (χ1n) is 7.67. The fourth-order valence-electron chi connectivity index (χ4n) is 2.45. The molecule has 0 radical (unpaired) electrons. The fourth-order valence-corrected chi connectivity index (χ4v) is 2.45. The Labute approximate surface area is 120 Å². The van der Waals surface area contributed by atoms with Gasteiger partial charge in [-0.25, -0.2) is 0 Å². The standard InChI is InChI=1S/C14H26N4O2/c1-3-5-6-11(15)14-16-13(17-20-14)12-10-18(7-4-2)8-9-19-12/h11-12H,3-10,15H2,1-2H3. The van der Waals surface area contributed by atoms with Crippen molar-refractivity contribution in [3.63, 3.8) is 0 Å². The molecule has 114 valence electrons. The van der Waals surface area contributed by atoms with Gasteiger partial charge in [-0.15, -0.1) is 0 Å². The van der Waals surface area contributed by atoms with Gasteiger partial charge < -0.3 is 15.0 Å². The van der Waals surface area contributed by atoms with Crippen molar-refractivity contribution in [1.82, 2.24) is 15.0 Å². The van der Waals surface area contributed by atoms with Gasteiger partial charge in [-0.3, -0.25) is 4.90 Å². The lowest BCUT2D eigenvalue weighted by molar-refractivity contribution is -0.0350. The van der Waals surface area contributed by atoms with E-state index in [0.29, 0.717) is 11.7 Å². The molecule has 20 heavy (non-hydrogen) atoms. The van der Waals surface area contributed by atoms with E-state index in [4.69, 9.17) is 15.0 Å². The Morgan fingerprint density at radius 3 is 3.00 bits per heavy atom. The number of aromatic nitrogens is 2. The van der Waals surface area contributed by atoms with Gasteiger partial charge in [-0.1, -0.05) is 31.8 Å². The van der Waals surface area contributed by atoms with Crippen LogP contribution in [0.25, 0.3) is 0 Å². The minimum atomic E-state index is -0.161. The summed E-state index contributed by atoms with van der Waals surface area (Å²) in [5.74, 6) is 1.16. The van der Waals surface area contributed by atoms with Crippen LogP contribution in [0.5, 0.6) is 0 Å². The second-order valence-corrected chi connectivity index (χ2v) is 5.40. The molecule has 2 rings (SSSR count). The summed E-state index contributed by atoms with van der Waals surface area (Å²) in [5.41, 5.74) is 6.05. The monoisotopic (exact) mass is 282 g/mol. The number of morpholine rings is 1. The van der Waals surface area contributed by atoms with Crippen LogP contribution in [-0.2, 0) is 4.74 Å². The van der Waals surface area contributed by atoms with Crippen LogP contribution in [0.15, 0.2) is 4.52 Å². The van der Waals surface area contributed by atoms with Gasteiger partial charge >= 0.3 is 0 Å². The quantitative estimate of drug-likeness (QED) is 0.824. The Morgan fingerprint density at radius 2 is 2.25 bits per heavy atom. The molecule has 2 heterocycles. The molecule has 0 bridgehead atoms. The zero-order chi connectivity index (χ0) is 14.4. The van der Waals surface area contributed by atoms with Gasteiger partial charge in [0.05, 0.1) is 12.6 Å². The normalized spacial score (nSPS) is 22.1. The van der Waals surface area contributed by atoms with Crippen LogP contribution in [0.2, 0.25) is 0 Å². The molecule has 0 spiro atoms. The predicted molar refractivity (Wildman–Crippen MR) is 76.2 cm³/mol. The minimum absolute atomic E-state index is 0.0915. The first kappa shape index (κ1) is 15.4. The lowest BCUT2D eigenvalue weighted by atomic mass is 10.1. The Hall–Kier alpha value is -0.980. The highest BCUT2D eigenvalue weighted by Crippen LogP contribution is 2.22. The smallest absolute Gasteiger partial charge is 0.243 e. The number of nitrogens with two attached hydrogens (primary N) is 1. The Morgan fingerprint density at radius 1 is 1.40 bits per heavy atom. The first-order valence-corrected chi connectivity index (χ1v) is 7.67. The van der Waals surface area contributed by atoms with Gasteiger partial charge in [-0.2, -0.15) is 4.98 Å². The van der Waals surface area contributed by atoms with E-state index in [-0.39, 0.29) is 12.1 Å². The number of hydrogen-bond donors (Lipinski definition) is 1. The van der Waals surface area contributed by atoms with Crippen molar-refractivity contribution >= 4 is 0 Å². The molecule has 0 aromatic carbocycles. The lowest BCUT2D eigenvalue weighted by Crippen LogP contribution is -2.39. The zero-order valence-corrected chi connectivity index (χ0v) is 12.5. The van der Waals surface area contributed by atoms with E-state index in [1.165, 1.54) is 0 Å². The molecule has 0 aliphatic carbocycles. The van der Waals surface area contributed by atoms with Crippen molar-refractivity contribution in [2.45, 2.75) is 51.7 Å². The Bertz CT molecular complexity index is 394. The SMILES string of the molecule is CCCCC(N)c1nc(C2CN(CCC)CCO2)no1. The summed E-state index contributed by atoms with van der Waals surface area (Å²) >= 11 is 0. The molecule has 1 saturated heterocycles. The Balaban J connectivity index is 1.93. The number of ether oxygens (including phenoxy) is 1. The number of nitrogens with zero attached hydrogens (tertiary/aromatic N) is 3. The number of rotatable bonds is 7. The van der Waals surface area contributed by atoms with E-state index in [0.717, 1.165) is 51.9 Å². The maximum absolute atomic E-state index is 6.05. The maximum Gasteiger partial charge on any atom is 0.243 e. The van der Waals surface area contributed by atoms with Gasteiger partial charge in [-0.05, 0) is 19.4 Å². The molecular formula is C14H26N4O2. The van der Waals surface area contributed by atoms with Crippen LogP contribution >= 0.6 is 0 Å². The summed E-state index contributed by atoms with van der Waals surface area (Å²) in [6, 6.07) is -0.161. The van der Waals surface area contributed by atoms with E-state index in [9.17, 15) is 0 Å². The number of unbranched alkanes of at least 4 members (excludes halogenated alkanes) is 1. The van der Waals surface area contributed by atoms with Crippen molar-refractivity contribution in [3.05, 3.63) is 11.7 Å². The molecule has 6 nitrogen and oxygen atoms in total. The third kappa shape index (κ3) is 4.01. The topological polar surface area (TPSA) is 77.4 Å². The summed E-state index contributed by atoms with van der Waals surface area (Å²) in [6.07, 6.45) is 4.12. The molecule has 0 amide bonds. The highest BCUT2D eigenvalue weighted by atomic mass is 16.5. The van der Waals surface area contributed by atoms with Gasteiger partial charge in [0, 0.05) is 13.1 Å². The van der Waals surface area contributed by atoms with Gasteiger partial charge in [0.15, 0.2) is 0 Å². The molecule has 0 saturated carbocycles. The summed E-state index contributed by atoms with van der Waals surface area (Å²) < 4.78 is 11.0. The average molecular weight is 282 g/mol. The van der Waals surface area contributed by atoms with Crippen LogP contribution < -0.4 is 5.73 Å². The average Bonchev–Trinajstić information content (AvgIpc) is 2.95. The summed E-state index contributed by atoms with van der Waals surface area (Å²) in [4.78, 5) is 6.80. The van der Waals surface area contributed by atoms with Gasteiger partial charge in [0.25, 0.3) is 0 Å². The third-order valence-corrected chi connectivity index (χ3v) is 3.62. The van der Waals surface area contributed by atoms with Gasteiger partial charge in [0.2, 0.25) is 11.7 Å². The molecule has 1 aliphatic heterocycles. The van der Waals surface area contributed by atoms with E-state index in [1.807, 2.05) is 0 Å². The van der Waals surface area contributed by atoms with Crippen LogP contribution in [0.1, 0.15) is 63.4 Å². The van der Waals surface area contributed by atoms with Crippen LogP contribution in [0, 0.1) is 0 Å². The molecule has 1 fully saturated rings. The second kappa shape index (κ2) is 7.71. The third-order valence-electron chi connectivity index (χ3n) is 3.62. The Kier molecular flexibility index (Phi) is 5.94. The second-order valence-electron chi connectivity index (χ2n) is 5.40. The molecule has 1 aromatic heterocycles. The van der Waals surface area contributed by atoms with Crippen molar-refractivity contribution in [2.24, 2.45) is 5.73 Å². The van der Waals surface area contributed by atoms with Crippen molar-refractivity contribution in [1.29, 1.82) is 0 Å².